The van der Waals surface area contributed by atoms with Crippen LogP contribution in [-0.2, 0) is 16.1 Å². The van der Waals surface area contributed by atoms with Gasteiger partial charge in [0.25, 0.3) is 12.4 Å². The lowest BCUT2D eigenvalue weighted by molar-refractivity contribution is -0.693. The lowest BCUT2D eigenvalue weighted by atomic mass is 10.5. The van der Waals surface area contributed by atoms with E-state index >= 15 is 0 Å². The zero-order chi connectivity index (χ0) is 12.1. The number of aryl methyl sites for hydroxylation is 1. The lowest BCUT2D eigenvalue weighted by Gasteiger charge is -1.84. The topological polar surface area (TPSA) is 78.5 Å². The zero-order valence-electron chi connectivity index (χ0n) is 8.83. The smallest absolute Gasteiger partial charge is 0.300 e. The minimum atomic E-state index is -0.833. The van der Waals surface area contributed by atoms with E-state index in [9.17, 15) is 0 Å². The van der Waals surface area contributed by atoms with E-state index in [0.29, 0.717) is 0 Å². The van der Waals surface area contributed by atoms with Gasteiger partial charge in [-0.1, -0.05) is 6.07 Å². The summed E-state index contributed by atoms with van der Waals surface area (Å²) >= 11 is 0. The van der Waals surface area contributed by atoms with Gasteiger partial charge < -0.3 is 10.2 Å². The fraction of sp³-hybridized carbons (Fsp3) is 0.300. The standard InChI is InChI=1S/C7H10N.C2H4O2.CH2O2/c1-2-8-6-4-3-5-7-8;1-2(3)4;2-1-3/h3-7H,2H2,1H3;1H3,(H,3,4);1H,(H,2,3)/q+1;;. The fourth-order valence-corrected chi connectivity index (χ4v) is 0.645. The molecule has 0 aliphatic rings. The maximum atomic E-state index is 9.00. The van der Waals surface area contributed by atoms with Gasteiger partial charge in [-0.25, -0.2) is 4.57 Å². The number of aliphatic carboxylic acids is 1. The molecule has 0 aliphatic heterocycles. The summed E-state index contributed by atoms with van der Waals surface area (Å²) in [6, 6.07) is 6.08. The molecule has 5 nitrogen and oxygen atoms in total. The average molecular weight is 214 g/mol. The number of pyridine rings is 1. The van der Waals surface area contributed by atoms with E-state index < -0.39 is 5.97 Å². The van der Waals surface area contributed by atoms with Gasteiger partial charge in [-0.05, 0) is 6.92 Å². The Morgan fingerprint density at radius 1 is 1.33 bits per heavy atom. The van der Waals surface area contributed by atoms with Crippen LogP contribution in [-0.4, -0.2) is 22.7 Å². The molecule has 15 heavy (non-hydrogen) atoms. The molecule has 0 spiro atoms. The highest BCUT2D eigenvalue weighted by Crippen LogP contribution is 1.74. The van der Waals surface area contributed by atoms with Gasteiger partial charge in [0, 0.05) is 19.1 Å². The monoisotopic (exact) mass is 214 g/mol. The normalized spacial score (nSPS) is 7.33. The number of hydrogen-bond acceptors (Lipinski definition) is 2. The zero-order valence-corrected chi connectivity index (χ0v) is 8.83. The molecule has 0 aliphatic carbocycles. The van der Waals surface area contributed by atoms with Crippen molar-refractivity contribution in [1.29, 1.82) is 0 Å². The van der Waals surface area contributed by atoms with E-state index in [2.05, 4.69) is 23.9 Å². The highest BCUT2D eigenvalue weighted by Gasteiger charge is 1.86. The SMILES string of the molecule is CC(=O)O.CC[n+]1ccccc1.O=CO. The first kappa shape index (κ1) is 15.6. The summed E-state index contributed by atoms with van der Waals surface area (Å²) in [5.74, 6) is -0.833. The van der Waals surface area contributed by atoms with Gasteiger partial charge >= 0.3 is 0 Å². The van der Waals surface area contributed by atoms with Crippen LogP contribution in [0.15, 0.2) is 30.6 Å². The third-order valence-electron chi connectivity index (χ3n) is 1.14. The molecule has 2 N–H and O–H groups in total. The summed E-state index contributed by atoms with van der Waals surface area (Å²) in [4.78, 5) is 17.4. The molecule has 0 saturated heterocycles. The van der Waals surface area contributed by atoms with E-state index in [-0.39, 0.29) is 6.47 Å². The third-order valence-corrected chi connectivity index (χ3v) is 1.14. The maximum absolute atomic E-state index is 9.00. The van der Waals surface area contributed by atoms with Crippen LogP contribution in [0.3, 0.4) is 0 Å². The predicted octanol–water partition coefficient (Wildman–Crippen LogP) is 0.786. The van der Waals surface area contributed by atoms with Crippen molar-refractivity contribution in [3.05, 3.63) is 30.6 Å². The summed E-state index contributed by atoms with van der Waals surface area (Å²) in [5.41, 5.74) is 0. The van der Waals surface area contributed by atoms with Crippen LogP contribution in [0.1, 0.15) is 13.8 Å². The summed E-state index contributed by atoms with van der Waals surface area (Å²) in [6.45, 7) is 4.01. The van der Waals surface area contributed by atoms with Gasteiger partial charge in [0.05, 0.1) is 0 Å². The molecule has 0 bridgehead atoms. The van der Waals surface area contributed by atoms with E-state index in [1.54, 1.807) is 0 Å². The number of hydrogen-bond donors (Lipinski definition) is 2. The number of rotatable bonds is 1. The highest BCUT2D eigenvalue weighted by atomic mass is 16.4. The molecule has 0 aromatic carbocycles. The lowest BCUT2D eigenvalue weighted by Crippen LogP contribution is -2.30. The van der Waals surface area contributed by atoms with E-state index in [4.69, 9.17) is 19.8 Å². The minimum Gasteiger partial charge on any atom is -0.483 e. The van der Waals surface area contributed by atoms with Crippen molar-refractivity contribution in [2.45, 2.75) is 20.4 Å². The van der Waals surface area contributed by atoms with Crippen LogP contribution >= 0.6 is 0 Å². The van der Waals surface area contributed by atoms with Crippen LogP contribution < -0.4 is 4.57 Å². The predicted molar refractivity (Wildman–Crippen MR) is 54.3 cm³/mol. The van der Waals surface area contributed by atoms with Crippen LogP contribution in [0.5, 0.6) is 0 Å². The molecule has 0 amide bonds. The molecule has 1 aromatic heterocycles. The van der Waals surface area contributed by atoms with Crippen molar-refractivity contribution in [3.63, 3.8) is 0 Å². The Hall–Kier alpha value is -1.91. The van der Waals surface area contributed by atoms with E-state index in [1.807, 2.05) is 18.2 Å². The van der Waals surface area contributed by atoms with Crippen molar-refractivity contribution >= 4 is 12.4 Å². The van der Waals surface area contributed by atoms with Gasteiger partial charge in [-0.15, -0.1) is 0 Å². The molecule has 1 rings (SSSR count). The summed E-state index contributed by atoms with van der Waals surface area (Å²) in [5, 5.41) is 14.3. The largest absolute Gasteiger partial charge is 0.483 e. The van der Waals surface area contributed by atoms with Crippen LogP contribution in [0.2, 0.25) is 0 Å². The molecule has 1 heterocycles. The third kappa shape index (κ3) is 18.8. The molecule has 1 aromatic rings. The second-order valence-corrected chi connectivity index (χ2v) is 2.33. The minimum absolute atomic E-state index is 0.250. The summed E-state index contributed by atoms with van der Waals surface area (Å²) in [6.07, 6.45) is 4.11. The van der Waals surface area contributed by atoms with Gasteiger partial charge in [-0.2, -0.15) is 0 Å². The van der Waals surface area contributed by atoms with Crippen molar-refractivity contribution in [2.75, 3.05) is 0 Å². The van der Waals surface area contributed by atoms with Gasteiger partial charge in [0.15, 0.2) is 12.4 Å². The molecule has 0 radical (unpaired) electrons. The summed E-state index contributed by atoms with van der Waals surface area (Å²) in [7, 11) is 0. The van der Waals surface area contributed by atoms with Crippen LogP contribution in [0, 0.1) is 0 Å². The molecule has 0 atom stereocenters. The first-order valence-corrected chi connectivity index (χ1v) is 4.29. The van der Waals surface area contributed by atoms with Crippen molar-refractivity contribution < 1.29 is 24.4 Å². The van der Waals surface area contributed by atoms with Crippen molar-refractivity contribution in [2.24, 2.45) is 0 Å². The summed E-state index contributed by atoms with van der Waals surface area (Å²) < 4.78 is 2.12. The van der Waals surface area contributed by atoms with Crippen molar-refractivity contribution in [1.82, 2.24) is 0 Å². The Bertz CT molecular complexity index is 257. The van der Waals surface area contributed by atoms with Gasteiger partial charge in [0.2, 0.25) is 0 Å². The average Bonchev–Trinajstić information content (AvgIpc) is 2.19. The second-order valence-electron chi connectivity index (χ2n) is 2.33. The first-order chi connectivity index (χ1) is 7.08. The van der Waals surface area contributed by atoms with Crippen LogP contribution in [0.4, 0.5) is 0 Å². The van der Waals surface area contributed by atoms with Gasteiger partial charge in [-0.3, -0.25) is 9.59 Å². The Balaban J connectivity index is 0. The number of carboxylic acids is 1. The Labute approximate surface area is 88.6 Å². The maximum Gasteiger partial charge on any atom is 0.300 e. The Morgan fingerprint density at radius 2 is 1.67 bits per heavy atom. The second kappa shape index (κ2) is 12.1. The fourth-order valence-electron chi connectivity index (χ4n) is 0.645. The van der Waals surface area contributed by atoms with Crippen molar-refractivity contribution in [3.8, 4) is 0 Å². The Morgan fingerprint density at radius 3 is 1.87 bits per heavy atom. The molecule has 0 unspecified atom stereocenters. The molecule has 0 saturated carbocycles. The van der Waals surface area contributed by atoms with Gasteiger partial charge in [0.1, 0.15) is 6.54 Å². The molecular weight excluding hydrogens is 198 g/mol. The molecule has 0 fully saturated rings. The first-order valence-electron chi connectivity index (χ1n) is 4.29. The van der Waals surface area contributed by atoms with Crippen LogP contribution in [0.25, 0.3) is 0 Å². The molecule has 5 heteroatoms. The quantitative estimate of drug-likeness (QED) is 0.535. The number of aromatic nitrogens is 1. The number of carbonyl (C=O) groups is 2. The molecule has 84 valence electrons. The highest BCUT2D eigenvalue weighted by molar-refractivity contribution is 5.62. The molecular formula is C10H16NO4+. The number of nitrogens with zero attached hydrogens (tertiary/aromatic N) is 1. The number of carboxylic acid groups (broad SMARTS) is 2. The Kier molecular flexibility index (Phi) is 12.5. The van der Waals surface area contributed by atoms with E-state index in [1.165, 1.54) is 0 Å². The van der Waals surface area contributed by atoms with E-state index in [0.717, 1.165) is 13.5 Å².